The monoisotopic (exact) mass is 226 g/mol. The van der Waals surface area contributed by atoms with Gasteiger partial charge < -0.3 is 10.4 Å². The minimum atomic E-state index is 0.118. The minimum Gasteiger partial charge on any atom is -0.395 e. The largest absolute Gasteiger partial charge is 0.395 e. The Hall–Kier alpha value is -0.610. The Balaban J connectivity index is 1.65. The quantitative estimate of drug-likeness (QED) is 0.711. The maximum absolute atomic E-state index is 11.7. The number of aliphatic hydroxyl groups is 1. The molecule has 4 nitrogen and oxygen atoms in total. The number of aliphatic hydroxyl groups excluding tert-OH is 1. The first-order valence-corrected chi connectivity index (χ1v) is 6.41. The van der Waals surface area contributed by atoms with E-state index >= 15 is 0 Å². The fourth-order valence-electron chi connectivity index (χ4n) is 2.51. The molecule has 1 saturated heterocycles. The second-order valence-electron chi connectivity index (χ2n) is 5.05. The van der Waals surface area contributed by atoms with Crippen molar-refractivity contribution in [2.24, 2.45) is 5.92 Å². The molecule has 0 aromatic heterocycles. The predicted octanol–water partition coefficient (Wildman–Crippen LogP) is 0.359. The van der Waals surface area contributed by atoms with Crippen LogP contribution in [0.15, 0.2) is 0 Å². The summed E-state index contributed by atoms with van der Waals surface area (Å²) in [5.41, 5.74) is 0. The number of rotatable bonds is 5. The average molecular weight is 226 g/mol. The van der Waals surface area contributed by atoms with Crippen molar-refractivity contribution < 1.29 is 9.90 Å². The Kier molecular flexibility index (Phi) is 4.18. The van der Waals surface area contributed by atoms with E-state index in [1.165, 1.54) is 19.3 Å². The average Bonchev–Trinajstić information content (AvgIpc) is 2.62. The highest BCUT2D eigenvalue weighted by Crippen LogP contribution is 2.25. The highest BCUT2D eigenvalue weighted by molar-refractivity contribution is 5.78. The maximum Gasteiger partial charge on any atom is 0.234 e. The maximum atomic E-state index is 11.7. The molecule has 0 aromatic carbocycles. The van der Waals surface area contributed by atoms with Crippen LogP contribution in [-0.4, -0.2) is 48.2 Å². The number of amides is 1. The van der Waals surface area contributed by atoms with Crippen molar-refractivity contribution in [1.82, 2.24) is 10.2 Å². The molecule has 4 heteroatoms. The van der Waals surface area contributed by atoms with E-state index in [-0.39, 0.29) is 18.6 Å². The Labute approximate surface area is 97.0 Å². The first kappa shape index (κ1) is 11.9. The molecule has 1 aliphatic carbocycles. The lowest BCUT2D eigenvalue weighted by molar-refractivity contribution is -0.122. The van der Waals surface area contributed by atoms with E-state index in [0.717, 1.165) is 31.8 Å². The van der Waals surface area contributed by atoms with E-state index in [0.29, 0.717) is 6.54 Å². The van der Waals surface area contributed by atoms with Gasteiger partial charge in [0.1, 0.15) is 0 Å². The third-order valence-electron chi connectivity index (χ3n) is 3.87. The van der Waals surface area contributed by atoms with Gasteiger partial charge in [-0.15, -0.1) is 0 Å². The van der Waals surface area contributed by atoms with Crippen molar-refractivity contribution in [3.05, 3.63) is 0 Å². The fraction of sp³-hybridized carbons (Fsp3) is 0.917. The molecule has 0 spiro atoms. The van der Waals surface area contributed by atoms with Crippen LogP contribution in [0, 0.1) is 5.92 Å². The van der Waals surface area contributed by atoms with E-state index in [2.05, 4.69) is 10.2 Å². The Bertz CT molecular complexity index is 241. The molecule has 0 bridgehead atoms. The van der Waals surface area contributed by atoms with E-state index in [1.54, 1.807) is 0 Å². The molecule has 1 amide bonds. The fourth-order valence-corrected chi connectivity index (χ4v) is 2.51. The first-order chi connectivity index (χ1) is 7.79. The van der Waals surface area contributed by atoms with Gasteiger partial charge in [0.2, 0.25) is 5.91 Å². The van der Waals surface area contributed by atoms with Crippen molar-refractivity contribution in [3.8, 4) is 0 Å². The zero-order valence-corrected chi connectivity index (χ0v) is 9.82. The van der Waals surface area contributed by atoms with Gasteiger partial charge in [0.15, 0.2) is 0 Å². The van der Waals surface area contributed by atoms with Crippen molar-refractivity contribution in [2.75, 3.05) is 26.2 Å². The van der Waals surface area contributed by atoms with Crippen LogP contribution in [0.5, 0.6) is 0 Å². The molecule has 92 valence electrons. The Morgan fingerprint density at radius 2 is 2.12 bits per heavy atom. The summed E-state index contributed by atoms with van der Waals surface area (Å²) in [6, 6.07) is 0.203. The summed E-state index contributed by atoms with van der Waals surface area (Å²) in [6.45, 7) is 2.42. The van der Waals surface area contributed by atoms with Crippen LogP contribution in [0.2, 0.25) is 0 Å². The zero-order valence-electron chi connectivity index (χ0n) is 9.82. The van der Waals surface area contributed by atoms with Gasteiger partial charge in [-0.25, -0.2) is 0 Å². The second-order valence-corrected chi connectivity index (χ2v) is 5.05. The lowest BCUT2D eigenvalue weighted by atomic mass is 9.85. The zero-order chi connectivity index (χ0) is 11.4. The number of carbonyl (C=O) groups is 1. The van der Waals surface area contributed by atoms with Gasteiger partial charge in [-0.2, -0.15) is 0 Å². The molecule has 1 aliphatic heterocycles. The summed E-state index contributed by atoms with van der Waals surface area (Å²) in [5, 5.41) is 12.1. The molecular formula is C12H22N2O2. The van der Waals surface area contributed by atoms with Crippen LogP contribution < -0.4 is 5.32 Å². The van der Waals surface area contributed by atoms with Crippen molar-refractivity contribution in [2.45, 2.75) is 38.1 Å². The molecular weight excluding hydrogens is 204 g/mol. The number of likely N-dealkylation sites (tertiary alicyclic amines) is 1. The van der Waals surface area contributed by atoms with E-state index in [1.807, 2.05) is 0 Å². The van der Waals surface area contributed by atoms with Gasteiger partial charge in [-0.3, -0.25) is 9.69 Å². The molecule has 2 aliphatic rings. The van der Waals surface area contributed by atoms with Crippen molar-refractivity contribution >= 4 is 5.91 Å². The Morgan fingerprint density at radius 1 is 1.31 bits per heavy atom. The molecule has 0 radical (unpaired) electrons. The van der Waals surface area contributed by atoms with Crippen LogP contribution in [0.4, 0.5) is 0 Å². The number of nitrogens with zero attached hydrogens (tertiary/aromatic N) is 1. The van der Waals surface area contributed by atoms with Crippen LogP contribution in [-0.2, 0) is 4.79 Å². The van der Waals surface area contributed by atoms with E-state index < -0.39 is 0 Å². The molecule has 0 aromatic rings. The predicted molar refractivity (Wildman–Crippen MR) is 62.0 cm³/mol. The number of hydrogen-bond acceptors (Lipinski definition) is 3. The van der Waals surface area contributed by atoms with Crippen LogP contribution in [0.1, 0.15) is 32.1 Å². The summed E-state index contributed by atoms with van der Waals surface area (Å²) >= 11 is 0. The summed E-state index contributed by atoms with van der Waals surface area (Å²) in [5.74, 6) is 0.836. The van der Waals surface area contributed by atoms with Crippen LogP contribution in [0.3, 0.4) is 0 Å². The third kappa shape index (κ3) is 2.95. The summed E-state index contributed by atoms with van der Waals surface area (Å²) in [4.78, 5) is 13.8. The lowest BCUT2D eigenvalue weighted by Gasteiger charge is -2.26. The van der Waals surface area contributed by atoms with Crippen molar-refractivity contribution in [3.63, 3.8) is 0 Å². The minimum absolute atomic E-state index is 0.118. The highest BCUT2D eigenvalue weighted by Gasteiger charge is 2.25. The summed E-state index contributed by atoms with van der Waals surface area (Å²) < 4.78 is 0. The Morgan fingerprint density at radius 3 is 2.75 bits per heavy atom. The molecule has 16 heavy (non-hydrogen) atoms. The highest BCUT2D eigenvalue weighted by atomic mass is 16.3. The standard InChI is InChI=1S/C12H22N2O2/c15-9-11-5-2-6-14(11)8-12(16)13-7-10-3-1-4-10/h10-11,15H,1-9H2,(H,13,16)/t11-/m1/s1. The van der Waals surface area contributed by atoms with Gasteiger partial charge in [0.05, 0.1) is 13.2 Å². The van der Waals surface area contributed by atoms with Crippen molar-refractivity contribution in [1.29, 1.82) is 0 Å². The van der Waals surface area contributed by atoms with Crippen LogP contribution >= 0.6 is 0 Å². The number of nitrogens with one attached hydrogen (secondary N) is 1. The van der Waals surface area contributed by atoms with E-state index in [4.69, 9.17) is 5.11 Å². The summed E-state index contributed by atoms with van der Waals surface area (Å²) in [6.07, 6.45) is 5.97. The first-order valence-electron chi connectivity index (χ1n) is 6.41. The van der Waals surface area contributed by atoms with E-state index in [9.17, 15) is 4.79 Å². The van der Waals surface area contributed by atoms with Crippen LogP contribution in [0.25, 0.3) is 0 Å². The summed E-state index contributed by atoms with van der Waals surface area (Å²) in [7, 11) is 0. The number of carbonyl (C=O) groups excluding carboxylic acids is 1. The smallest absolute Gasteiger partial charge is 0.234 e. The van der Waals surface area contributed by atoms with Gasteiger partial charge in [0.25, 0.3) is 0 Å². The third-order valence-corrected chi connectivity index (χ3v) is 3.87. The molecule has 1 atom stereocenters. The van der Waals surface area contributed by atoms with Gasteiger partial charge >= 0.3 is 0 Å². The van der Waals surface area contributed by atoms with Gasteiger partial charge in [0, 0.05) is 12.6 Å². The molecule has 0 unspecified atom stereocenters. The topological polar surface area (TPSA) is 52.6 Å². The molecule has 2 rings (SSSR count). The van der Waals surface area contributed by atoms with Gasteiger partial charge in [-0.1, -0.05) is 6.42 Å². The SMILES string of the molecule is O=C(CN1CCC[C@@H]1CO)NCC1CCC1. The molecule has 1 heterocycles. The lowest BCUT2D eigenvalue weighted by Crippen LogP contribution is -2.42. The number of hydrogen-bond donors (Lipinski definition) is 2. The normalized spacial score (nSPS) is 26.7. The second kappa shape index (κ2) is 5.64. The molecule has 2 N–H and O–H groups in total. The molecule has 1 saturated carbocycles. The van der Waals surface area contributed by atoms with Gasteiger partial charge in [-0.05, 0) is 38.1 Å². The molecule has 2 fully saturated rings.